The molecule has 0 amide bonds. The van der Waals surface area contributed by atoms with Crippen LogP contribution in [0.2, 0.25) is 0 Å². The fraction of sp³-hybridized carbons (Fsp3) is 1.00. The Morgan fingerprint density at radius 3 is 2.16 bits per heavy atom. The summed E-state index contributed by atoms with van der Waals surface area (Å²) in [6, 6.07) is 0. The molecule has 4 rings (SSSR count). The molecule has 4 saturated carbocycles. The average Bonchev–Trinajstić information content (AvgIpc) is 3.11. The van der Waals surface area contributed by atoms with E-state index >= 15 is 0 Å². The summed E-state index contributed by atoms with van der Waals surface area (Å²) < 4.78 is 73.9. The molecule has 0 aliphatic heterocycles. The third-order valence-corrected chi connectivity index (χ3v) is 12.3. The SMILES string of the molecule is CC(C)CCC[C@@H](COS(=O)(=O)O)[C@H]1CC[C@H]2[C@@H]3CC[C@H]4C[C@H](OS(=O)(=O)O)CC[C@]4(C)[C@H]3CC[C@]12C. The second kappa shape index (κ2) is 11.0. The Morgan fingerprint density at radius 2 is 1.51 bits per heavy atom. The van der Waals surface area contributed by atoms with Gasteiger partial charge in [0.05, 0.1) is 12.7 Å². The van der Waals surface area contributed by atoms with Crippen molar-refractivity contribution in [1.29, 1.82) is 0 Å². The number of fused-ring (bicyclic) bond motifs is 5. The normalized spacial score (nSPS) is 41.2. The fourth-order valence-corrected chi connectivity index (χ4v) is 10.5. The summed E-state index contributed by atoms with van der Waals surface area (Å²) in [7, 11) is -8.89. The Bertz CT molecular complexity index is 1010. The van der Waals surface area contributed by atoms with Crippen molar-refractivity contribution in [1.82, 2.24) is 0 Å². The van der Waals surface area contributed by atoms with Crippen LogP contribution in [0.15, 0.2) is 0 Å². The van der Waals surface area contributed by atoms with Crippen LogP contribution in [0.1, 0.15) is 105 Å². The van der Waals surface area contributed by atoms with Crippen LogP contribution in [0.3, 0.4) is 0 Å². The zero-order valence-electron chi connectivity index (χ0n) is 23.0. The molecule has 4 aliphatic rings. The van der Waals surface area contributed by atoms with Crippen LogP contribution in [-0.4, -0.2) is 38.7 Å². The minimum absolute atomic E-state index is 0.0624. The lowest BCUT2D eigenvalue weighted by atomic mass is 9.44. The molecule has 0 saturated heterocycles. The summed E-state index contributed by atoms with van der Waals surface area (Å²) >= 11 is 0. The van der Waals surface area contributed by atoms with Crippen LogP contribution in [0.25, 0.3) is 0 Å². The van der Waals surface area contributed by atoms with Crippen LogP contribution >= 0.6 is 0 Å². The molecule has 9 atom stereocenters. The minimum Gasteiger partial charge on any atom is -0.264 e. The van der Waals surface area contributed by atoms with Gasteiger partial charge < -0.3 is 0 Å². The van der Waals surface area contributed by atoms with Crippen LogP contribution in [0.5, 0.6) is 0 Å². The van der Waals surface area contributed by atoms with Gasteiger partial charge in [0.25, 0.3) is 0 Å². The van der Waals surface area contributed by atoms with Crippen molar-refractivity contribution in [2.45, 2.75) is 111 Å². The molecule has 0 heterocycles. The maximum absolute atomic E-state index is 11.4. The summed E-state index contributed by atoms with van der Waals surface area (Å²) in [4.78, 5) is 0. The van der Waals surface area contributed by atoms with Gasteiger partial charge in [-0.3, -0.25) is 9.11 Å². The molecule has 0 aromatic heterocycles. The van der Waals surface area contributed by atoms with E-state index < -0.39 is 26.9 Å². The quantitative estimate of drug-likeness (QED) is 0.305. The molecule has 216 valence electrons. The first-order valence-electron chi connectivity index (χ1n) is 14.4. The van der Waals surface area contributed by atoms with E-state index in [2.05, 4.69) is 27.7 Å². The number of rotatable bonds is 10. The van der Waals surface area contributed by atoms with E-state index in [1.54, 1.807) is 0 Å². The molecule has 4 fully saturated rings. The zero-order chi connectivity index (χ0) is 27.2. The van der Waals surface area contributed by atoms with Crippen molar-refractivity contribution >= 4 is 20.8 Å². The predicted octanol–water partition coefficient (Wildman–Crippen LogP) is 6.10. The topological polar surface area (TPSA) is 127 Å². The molecule has 0 radical (unpaired) electrons. The highest BCUT2D eigenvalue weighted by Gasteiger charge is 2.61. The zero-order valence-corrected chi connectivity index (χ0v) is 24.6. The van der Waals surface area contributed by atoms with Gasteiger partial charge in [-0.25, -0.2) is 8.37 Å². The Morgan fingerprint density at radius 1 is 0.838 bits per heavy atom. The lowest BCUT2D eigenvalue weighted by Crippen LogP contribution is -2.54. The van der Waals surface area contributed by atoms with Crippen molar-refractivity contribution in [3.63, 3.8) is 0 Å². The molecule has 0 bridgehead atoms. The second-order valence-corrected chi connectivity index (χ2v) is 15.7. The first-order valence-corrected chi connectivity index (χ1v) is 17.1. The highest BCUT2D eigenvalue weighted by molar-refractivity contribution is 7.81. The summed E-state index contributed by atoms with van der Waals surface area (Å²) in [5.41, 5.74) is 0.298. The van der Waals surface area contributed by atoms with E-state index in [9.17, 15) is 25.9 Å². The van der Waals surface area contributed by atoms with Crippen molar-refractivity contribution < 1.29 is 34.3 Å². The average molecular weight is 565 g/mol. The predicted molar refractivity (Wildman–Crippen MR) is 141 cm³/mol. The molecule has 0 aromatic rings. The Balaban J connectivity index is 1.48. The second-order valence-electron chi connectivity index (χ2n) is 13.6. The van der Waals surface area contributed by atoms with Gasteiger partial charge in [-0.15, -0.1) is 0 Å². The Labute approximate surface area is 224 Å². The first-order chi connectivity index (χ1) is 17.1. The molecule has 8 nitrogen and oxygen atoms in total. The minimum atomic E-state index is -4.46. The summed E-state index contributed by atoms with van der Waals surface area (Å²) in [6.45, 7) is 9.31. The third kappa shape index (κ3) is 6.56. The van der Waals surface area contributed by atoms with Gasteiger partial charge in [0.15, 0.2) is 0 Å². The Kier molecular flexibility index (Phi) is 8.80. The van der Waals surface area contributed by atoms with Gasteiger partial charge in [0, 0.05) is 0 Å². The van der Waals surface area contributed by atoms with Gasteiger partial charge in [-0.05, 0) is 116 Å². The van der Waals surface area contributed by atoms with Gasteiger partial charge in [0.2, 0.25) is 0 Å². The van der Waals surface area contributed by atoms with Gasteiger partial charge in [-0.2, -0.15) is 16.8 Å². The van der Waals surface area contributed by atoms with Crippen molar-refractivity contribution in [3.8, 4) is 0 Å². The van der Waals surface area contributed by atoms with Crippen LogP contribution in [0, 0.1) is 52.3 Å². The van der Waals surface area contributed by atoms with Gasteiger partial charge in [0.1, 0.15) is 0 Å². The van der Waals surface area contributed by atoms with Crippen LogP contribution in [0.4, 0.5) is 0 Å². The summed E-state index contributed by atoms with van der Waals surface area (Å²) in [6.07, 6.45) is 11.6. The molecular formula is C27H48O8S2. The molecule has 4 aliphatic carbocycles. The molecular weight excluding hydrogens is 516 g/mol. The number of hydrogen-bond donors (Lipinski definition) is 2. The maximum Gasteiger partial charge on any atom is 0.397 e. The maximum atomic E-state index is 11.4. The number of hydrogen-bond acceptors (Lipinski definition) is 6. The standard InChI is InChI=1S/C27H48O8S2/c1-18(2)6-5-7-19(17-34-36(28,29)30)23-10-11-24-22-9-8-20-16-21(35-37(31,32)33)12-14-26(20,3)25(22)13-15-27(23,24)4/h18-25H,5-17H2,1-4H3,(H,28,29,30)(H,31,32,33)/t19-,20-,21+,22-,23+,24-,25-,26-,27+/m0/s1. The lowest BCUT2D eigenvalue weighted by molar-refractivity contribution is -0.128. The Hall–Kier alpha value is -0.260. The van der Waals surface area contributed by atoms with E-state index in [4.69, 9.17) is 8.37 Å². The molecule has 10 heteroatoms. The highest BCUT2D eigenvalue weighted by Crippen LogP contribution is 2.68. The van der Waals surface area contributed by atoms with Crippen LogP contribution < -0.4 is 0 Å². The smallest absolute Gasteiger partial charge is 0.264 e. The molecule has 0 unspecified atom stereocenters. The third-order valence-electron chi connectivity index (χ3n) is 11.3. The summed E-state index contributed by atoms with van der Waals surface area (Å²) in [5.74, 6) is 3.33. The van der Waals surface area contributed by atoms with Crippen molar-refractivity contribution in [3.05, 3.63) is 0 Å². The monoisotopic (exact) mass is 564 g/mol. The molecule has 0 spiro atoms. The van der Waals surface area contributed by atoms with Gasteiger partial charge >= 0.3 is 20.8 Å². The largest absolute Gasteiger partial charge is 0.397 e. The van der Waals surface area contributed by atoms with E-state index in [0.717, 1.165) is 64.2 Å². The van der Waals surface area contributed by atoms with Crippen molar-refractivity contribution in [2.24, 2.45) is 52.3 Å². The highest BCUT2D eigenvalue weighted by atomic mass is 32.3. The molecule has 2 N–H and O–H groups in total. The van der Waals surface area contributed by atoms with E-state index in [1.807, 2.05) is 0 Å². The fourth-order valence-electron chi connectivity index (χ4n) is 9.66. The lowest BCUT2D eigenvalue weighted by Gasteiger charge is -2.61. The first kappa shape index (κ1) is 29.7. The van der Waals surface area contributed by atoms with Crippen LogP contribution in [-0.2, 0) is 29.2 Å². The molecule has 0 aromatic carbocycles. The summed E-state index contributed by atoms with van der Waals surface area (Å²) in [5, 5.41) is 0. The van der Waals surface area contributed by atoms with E-state index in [-0.39, 0.29) is 23.4 Å². The van der Waals surface area contributed by atoms with Crippen molar-refractivity contribution in [2.75, 3.05) is 6.61 Å². The molecule has 37 heavy (non-hydrogen) atoms. The van der Waals surface area contributed by atoms with E-state index in [0.29, 0.717) is 48.3 Å². The van der Waals surface area contributed by atoms with E-state index in [1.165, 1.54) is 0 Å². The van der Waals surface area contributed by atoms with Gasteiger partial charge in [-0.1, -0.05) is 40.5 Å².